The number of carbonyl (C=O) groups is 2. The van der Waals surface area contributed by atoms with Crippen molar-refractivity contribution in [2.45, 2.75) is 44.0 Å². The van der Waals surface area contributed by atoms with E-state index in [1.165, 1.54) is 13.0 Å². The average Bonchev–Trinajstić information content (AvgIpc) is 3.28. The smallest absolute Gasteiger partial charge is 0.242 e. The molecule has 3 aromatic rings. The number of hydrogen-bond donors (Lipinski definition) is 2. The van der Waals surface area contributed by atoms with Crippen molar-refractivity contribution >= 4 is 33.2 Å². The van der Waals surface area contributed by atoms with Gasteiger partial charge in [0.1, 0.15) is 6.04 Å². The molecule has 0 spiro atoms. The van der Waals surface area contributed by atoms with E-state index in [-0.39, 0.29) is 17.2 Å². The van der Waals surface area contributed by atoms with Crippen molar-refractivity contribution in [3.63, 3.8) is 0 Å². The van der Waals surface area contributed by atoms with Crippen LogP contribution < -0.4 is 14.9 Å². The maximum atomic E-state index is 13.4. The number of benzene rings is 3. The molecule has 0 saturated heterocycles. The maximum Gasteiger partial charge on any atom is 0.242 e. The van der Waals surface area contributed by atoms with Crippen molar-refractivity contribution in [2.75, 3.05) is 16.8 Å². The van der Waals surface area contributed by atoms with Gasteiger partial charge in [-0.25, -0.2) is 8.42 Å². The van der Waals surface area contributed by atoms with Crippen LogP contribution in [0.15, 0.2) is 77.7 Å². The Balaban J connectivity index is 1.61. The molecule has 1 heterocycles. The number of sulfonamides is 1. The van der Waals surface area contributed by atoms with Gasteiger partial charge in [-0.15, -0.1) is 0 Å². The van der Waals surface area contributed by atoms with E-state index in [9.17, 15) is 18.0 Å². The molecule has 3 aromatic carbocycles. The van der Waals surface area contributed by atoms with Gasteiger partial charge in [0.2, 0.25) is 21.8 Å². The van der Waals surface area contributed by atoms with E-state index in [4.69, 9.17) is 0 Å². The minimum atomic E-state index is -4.01. The molecule has 1 aliphatic heterocycles. The largest absolute Gasteiger partial charge is 0.324 e. The lowest BCUT2D eigenvalue weighted by molar-refractivity contribution is -0.118. The summed E-state index contributed by atoms with van der Waals surface area (Å²) in [6, 6.07) is 20.5. The second kappa shape index (κ2) is 10.4. The zero-order valence-corrected chi connectivity index (χ0v) is 20.6. The van der Waals surface area contributed by atoms with Gasteiger partial charge in [-0.3, -0.25) is 9.59 Å². The molecule has 0 radical (unpaired) electrons. The average molecular weight is 492 g/mol. The Hall–Kier alpha value is -3.49. The number of amides is 2. The van der Waals surface area contributed by atoms with Gasteiger partial charge < -0.3 is 10.2 Å². The van der Waals surface area contributed by atoms with Crippen LogP contribution in [0.5, 0.6) is 0 Å². The summed E-state index contributed by atoms with van der Waals surface area (Å²) in [5.41, 5.74) is 4.00. The topological polar surface area (TPSA) is 95.6 Å². The van der Waals surface area contributed by atoms with Gasteiger partial charge in [0.15, 0.2) is 0 Å². The number of carbonyl (C=O) groups excluding carboxylic acids is 2. The number of aryl methyl sites for hydroxylation is 1. The molecule has 4 rings (SSSR count). The third kappa shape index (κ3) is 5.61. The number of hydrogen-bond acceptors (Lipinski definition) is 4. The summed E-state index contributed by atoms with van der Waals surface area (Å²) >= 11 is 0. The summed E-state index contributed by atoms with van der Waals surface area (Å²) in [5.74, 6) is -0.508. The van der Waals surface area contributed by atoms with Crippen LogP contribution in [0.4, 0.5) is 11.4 Å². The molecule has 0 aromatic heterocycles. The van der Waals surface area contributed by atoms with E-state index in [0.29, 0.717) is 18.7 Å². The van der Waals surface area contributed by atoms with Crippen LogP contribution in [0.25, 0.3) is 0 Å². The van der Waals surface area contributed by atoms with Gasteiger partial charge in [0.25, 0.3) is 0 Å². The van der Waals surface area contributed by atoms with Crippen LogP contribution in [0.2, 0.25) is 0 Å². The molecular weight excluding hydrogens is 462 g/mol. The second-order valence-electron chi connectivity index (χ2n) is 8.57. The summed E-state index contributed by atoms with van der Waals surface area (Å²) in [7, 11) is -4.01. The fourth-order valence-electron chi connectivity index (χ4n) is 4.34. The standard InChI is InChI=1S/C27H29N3O4S/c1-3-21-11-7-8-12-24(21)28-27(32)25(17-20-9-5-4-6-10-20)29-35(33,34)23-13-14-26-22(18-23)15-16-30(26)19(2)31/h4-14,18,25,29H,3,15-17H2,1-2H3,(H,28,32). The first-order chi connectivity index (χ1) is 16.8. The molecular formula is C27H29N3O4S. The van der Waals surface area contributed by atoms with E-state index in [1.807, 2.05) is 61.5 Å². The Morgan fingerprint density at radius 1 is 1.00 bits per heavy atom. The summed E-state index contributed by atoms with van der Waals surface area (Å²) in [5, 5.41) is 2.91. The molecule has 0 saturated carbocycles. The van der Waals surface area contributed by atoms with Crippen LogP contribution in [-0.2, 0) is 38.9 Å². The molecule has 1 aliphatic rings. The van der Waals surface area contributed by atoms with E-state index >= 15 is 0 Å². The monoisotopic (exact) mass is 491 g/mol. The molecule has 7 nitrogen and oxygen atoms in total. The van der Waals surface area contributed by atoms with Crippen molar-refractivity contribution in [3.05, 3.63) is 89.5 Å². The lowest BCUT2D eigenvalue weighted by Crippen LogP contribution is -2.45. The van der Waals surface area contributed by atoms with Gasteiger partial charge in [-0.1, -0.05) is 55.5 Å². The quantitative estimate of drug-likeness (QED) is 0.502. The lowest BCUT2D eigenvalue weighted by Gasteiger charge is -2.20. The Bertz CT molecular complexity index is 1340. The highest BCUT2D eigenvalue weighted by Crippen LogP contribution is 2.30. The van der Waals surface area contributed by atoms with Gasteiger partial charge in [-0.2, -0.15) is 4.72 Å². The fourth-order valence-corrected chi connectivity index (χ4v) is 5.58. The predicted molar refractivity (Wildman–Crippen MR) is 137 cm³/mol. The number of anilines is 2. The normalized spacial score (nSPS) is 13.8. The third-order valence-corrected chi connectivity index (χ3v) is 7.66. The van der Waals surface area contributed by atoms with Crippen LogP contribution in [0, 0.1) is 0 Å². The molecule has 1 atom stereocenters. The molecule has 182 valence electrons. The van der Waals surface area contributed by atoms with Crippen LogP contribution in [0.1, 0.15) is 30.5 Å². The van der Waals surface area contributed by atoms with Crippen LogP contribution >= 0.6 is 0 Å². The first kappa shape index (κ1) is 24.6. The van der Waals surface area contributed by atoms with E-state index in [2.05, 4.69) is 10.0 Å². The second-order valence-corrected chi connectivity index (χ2v) is 10.3. The van der Waals surface area contributed by atoms with Crippen molar-refractivity contribution in [1.82, 2.24) is 4.72 Å². The summed E-state index contributed by atoms with van der Waals surface area (Å²) in [6.07, 6.45) is 1.52. The SMILES string of the molecule is CCc1ccccc1NC(=O)C(Cc1ccccc1)NS(=O)(=O)c1ccc2c(c1)CCN2C(C)=O. The Labute approximate surface area is 206 Å². The molecule has 0 aliphatic carbocycles. The van der Waals surface area contributed by atoms with E-state index < -0.39 is 22.0 Å². The molecule has 0 bridgehead atoms. The zero-order valence-electron chi connectivity index (χ0n) is 19.8. The highest BCUT2D eigenvalue weighted by Gasteiger charge is 2.29. The molecule has 2 amide bonds. The van der Waals surface area contributed by atoms with E-state index in [1.54, 1.807) is 17.0 Å². The van der Waals surface area contributed by atoms with Gasteiger partial charge >= 0.3 is 0 Å². The van der Waals surface area contributed by atoms with Crippen LogP contribution in [0.3, 0.4) is 0 Å². The van der Waals surface area contributed by atoms with Crippen molar-refractivity contribution in [2.24, 2.45) is 0 Å². The highest BCUT2D eigenvalue weighted by atomic mass is 32.2. The number of fused-ring (bicyclic) bond motifs is 1. The third-order valence-electron chi connectivity index (χ3n) is 6.19. The highest BCUT2D eigenvalue weighted by molar-refractivity contribution is 7.89. The minimum Gasteiger partial charge on any atom is -0.324 e. The molecule has 35 heavy (non-hydrogen) atoms. The van der Waals surface area contributed by atoms with Crippen molar-refractivity contribution < 1.29 is 18.0 Å². The zero-order chi connectivity index (χ0) is 25.0. The Morgan fingerprint density at radius 3 is 2.43 bits per heavy atom. The lowest BCUT2D eigenvalue weighted by atomic mass is 10.1. The van der Waals surface area contributed by atoms with Crippen molar-refractivity contribution in [3.8, 4) is 0 Å². The Kier molecular flexibility index (Phi) is 7.33. The van der Waals surface area contributed by atoms with Crippen LogP contribution in [-0.4, -0.2) is 32.8 Å². The summed E-state index contributed by atoms with van der Waals surface area (Å²) in [4.78, 5) is 26.9. The number of para-hydroxylation sites is 1. The van der Waals surface area contributed by atoms with Gasteiger partial charge in [-0.05, 0) is 60.2 Å². The molecule has 1 unspecified atom stereocenters. The first-order valence-corrected chi connectivity index (χ1v) is 13.1. The van der Waals surface area contributed by atoms with Gasteiger partial charge in [0.05, 0.1) is 4.90 Å². The molecule has 8 heteroatoms. The molecule has 2 N–H and O–H groups in total. The Morgan fingerprint density at radius 2 is 1.71 bits per heavy atom. The van der Waals surface area contributed by atoms with E-state index in [0.717, 1.165) is 28.8 Å². The predicted octanol–water partition coefficient (Wildman–Crippen LogP) is 3.69. The number of rotatable bonds is 8. The number of nitrogens with one attached hydrogen (secondary N) is 2. The maximum absolute atomic E-state index is 13.4. The van der Waals surface area contributed by atoms with Gasteiger partial charge in [0, 0.05) is 24.8 Å². The summed E-state index contributed by atoms with van der Waals surface area (Å²) < 4.78 is 29.3. The van der Waals surface area contributed by atoms with Crippen molar-refractivity contribution in [1.29, 1.82) is 0 Å². The molecule has 0 fully saturated rings. The minimum absolute atomic E-state index is 0.0708. The first-order valence-electron chi connectivity index (χ1n) is 11.6. The summed E-state index contributed by atoms with van der Waals surface area (Å²) in [6.45, 7) is 4.01. The number of nitrogens with zero attached hydrogens (tertiary/aromatic N) is 1. The fraction of sp³-hybridized carbons (Fsp3) is 0.259.